The quantitative estimate of drug-likeness (QED) is 0.642. The lowest BCUT2D eigenvalue weighted by atomic mass is 10.0. The Labute approximate surface area is 159 Å². The molecule has 4 rings (SSSR count). The Balaban J connectivity index is 1.39. The third kappa shape index (κ3) is 3.97. The van der Waals surface area contributed by atoms with Gasteiger partial charge in [0, 0.05) is 26.2 Å². The van der Waals surface area contributed by atoms with Gasteiger partial charge in [-0.15, -0.1) is 0 Å². The van der Waals surface area contributed by atoms with Gasteiger partial charge in [0.05, 0.1) is 10.2 Å². The lowest BCUT2D eigenvalue weighted by Crippen LogP contribution is -2.46. The van der Waals surface area contributed by atoms with Gasteiger partial charge in [0.15, 0.2) is 5.13 Å². The van der Waals surface area contributed by atoms with Crippen LogP contribution in [-0.4, -0.2) is 42.6 Å². The molecule has 0 radical (unpaired) electrons. The van der Waals surface area contributed by atoms with E-state index in [1.807, 2.05) is 0 Å². The minimum Gasteiger partial charge on any atom is -0.347 e. The molecule has 2 aromatic carbocycles. The highest BCUT2D eigenvalue weighted by molar-refractivity contribution is 7.22. The second kappa shape index (κ2) is 8.02. The summed E-state index contributed by atoms with van der Waals surface area (Å²) in [6.07, 6.45) is 7.00. The number of likely N-dealkylation sites (N-methyl/N-ethyl adjacent to an activating group) is 1. The van der Waals surface area contributed by atoms with Crippen molar-refractivity contribution >= 4 is 32.8 Å². The maximum absolute atomic E-state index is 4.83. The van der Waals surface area contributed by atoms with Gasteiger partial charge < -0.3 is 4.90 Å². The average Bonchev–Trinajstić information content (AvgIpc) is 3.13. The molecular formula is C22H25N3S. The molecule has 4 heteroatoms. The van der Waals surface area contributed by atoms with E-state index in [4.69, 9.17) is 4.98 Å². The first-order valence-corrected chi connectivity index (χ1v) is 10.1. The van der Waals surface area contributed by atoms with Crippen LogP contribution >= 0.6 is 11.3 Å². The van der Waals surface area contributed by atoms with Crippen molar-refractivity contribution in [3.63, 3.8) is 0 Å². The number of para-hydroxylation sites is 1. The summed E-state index contributed by atoms with van der Waals surface area (Å²) < 4.78 is 1.27. The molecule has 1 fully saturated rings. The summed E-state index contributed by atoms with van der Waals surface area (Å²) in [5, 5.41) is 1.14. The van der Waals surface area contributed by atoms with Gasteiger partial charge in [0.2, 0.25) is 0 Å². The molecular weight excluding hydrogens is 338 g/mol. The molecule has 1 unspecified atom stereocenters. The molecule has 1 saturated heterocycles. The van der Waals surface area contributed by atoms with Crippen LogP contribution in [0.25, 0.3) is 16.3 Å². The van der Waals surface area contributed by atoms with Crippen LogP contribution in [0.15, 0.2) is 60.7 Å². The third-order valence-electron chi connectivity index (χ3n) is 5.09. The minimum atomic E-state index is 0.537. The van der Waals surface area contributed by atoms with Gasteiger partial charge in [-0.2, -0.15) is 0 Å². The molecule has 1 aliphatic heterocycles. The lowest BCUT2D eigenvalue weighted by Gasteiger charge is -2.37. The Bertz CT molecular complexity index is 838. The molecule has 0 bridgehead atoms. The van der Waals surface area contributed by atoms with Crippen molar-refractivity contribution in [2.75, 3.05) is 31.6 Å². The summed E-state index contributed by atoms with van der Waals surface area (Å²) in [5.41, 5.74) is 2.38. The predicted molar refractivity (Wildman–Crippen MR) is 113 cm³/mol. The second-order valence-corrected chi connectivity index (χ2v) is 7.95. The van der Waals surface area contributed by atoms with E-state index in [2.05, 4.69) is 83.6 Å². The number of piperidine rings is 1. The van der Waals surface area contributed by atoms with Crippen molar-refractivity contribution in [1.29, 1.82) is 0 Å². The van der Waals surface area contributed by atoms with E-state index in [0.717, 1.165) is 23.7 Å². The first kappa shape index (κ1) is 17.3. The molecule has 134 valence electrons. The predicted octanol–water partition coefficient (Wildman–Crippen LogP) is 4.91. The first-order chi connectivity index (χ1) is 12.8. The SMILES string of the molecule is CN(c1nc2ccccc2s1)C1CCCN(C/C=C/c2ccccc2)C1. The van der Waals surface area contributed by atoms with Crippen LogP contribution in [0.5, 0.6) is 0 Å². The Hall–Kier alpha value is -2.17. The van der Waals surface area contributed by atoms with Gasteiger partial charge in [0.1, 0.15) is 0 Å². The van der Waals surface area contributed by atoms with Gasteiger partial charge in [-0.25, -0.2) is 4.98 Å². The zero-order chi connectivity index (χ0) is 17.8. The number of thiazole rings is 1. The van der Waals surface area contributed by atoms with Crippen molar-refractivity contribution in [3.8, 4) is 0 Å². The third-order valence-corrected chi connectivity index (χ3v) is 6.21. The number of benzene rings is 2. The largest absolute Gasteiger partial charge is 0.347 e. The molecule has 1 atom stereocenters. The molecule has 3 nitrogen and oxygen atoms in total. The highest BCUT2D eigenvalue weighted by Crippen LogP contribution is 2.30. The van der Waals surface area contributed by atoms with Crippen molar-refractivity contribution in [2.24, 2.45) is 0 Å². The number of fused-ring (bicyclic) bond motifs is 1. The molecule has 26 heavy (non-hydrogen) atoms. The number of likely N-dealkylation sites (tertiary alicyclic amines) is 1. The fourth-order valence-electron chi connectivity index (χ4n) is 3.58. The van der Waals surface area contributed by atoms with Gasteiger partial charge in [-0.05, 0) is 37.1 Å². The van der Waals surface area contributed by atoms with Crippen LogP contribution in [0.1, 0.15) is 18.4 Å². The van der Waals surface area contributed by atoms with E-state index < -0.39 is 0 Å². The Morgan fingerprint density at radius 3 is 2.81 bits per heavy atom. The summed E-state index contributed by atoms with van der Waals surface area (Å²) >= 11 is 1.80. The zero-order valence-corrected chi connectivity index (χ0v) is 16.0. The first-order valence-electron chi connectivity index (χ1n) is 9.32. The minimum absolute atomic E-state index is 0.537. The monoisotopic (exact) mass is 363 g/mol. The molecule has 0 aliphatic carbocycles. The number of hydrogen-bond donors (Lipinski definition) is 0. The summed E-state index contributed by atoms with van der Waals surface area (Å²) in [6.45, 7) is 3.30. The van der Waals surface area contributed by atoms with Crippen LogP contribution in [0, 0.1) is 0 Å². The van der Waals surface area contributed by atoms with Crippen molar-refractivity contribution in [3.05, 3.63) is 66.2 Å². The molecule has 2 heterocycles. The highest BCUT2D eigenvalue weighted by Gasteiger charge is 2.24. The van der Waals surface area contributed by atoms with Crippen LogP contribution in [0.2, 0.25) is 0 Å². The average molecular weight is 364 g/mol. The normalized spacial score (nSPS) is 18.6. The van der Waals surface area contributed by atoms with E-state index >= 15 is 0 Å². The van der Waals surface area contributed by atoms with E-state index in [9.17, 15) is 0 Å². The summed E-state index contributed by atoms with van der Waals surface area (Å²) in [4.78, 5) is 9.77. The topological polar surface area (TPSA) is 19.4 Å². The Morgan fingerprint density at radius 1 is 1.15 bits per heavy atom. The number of hydrogen-bond acceptors (Lipinski definition) is 4. The molecule has 0 N–H and O–H groups in total. The maximum Gasteiger partial charge on any atom is 0.186 e. The summed E-state index contributed by atoms with van der Waals surface area (Å²) in [5.74, 6) is 0. The molecule has 1 aliphatic rings. The van der Waals surface area contributed by atoms with Crippen LogP contribution < -0.4 is 4.90 Å². The van der Waals surface area contributed by atoms with Crippen molar-refractivity contribution in [2.45, 2.75) is 18.9 Å². The van der Waals surface area contributed by atoms with Crippen molar-refractivity contribution in [1.82, 2.24) is 9.88 Å². The highest BCUT2D eigenvalue weighted by atomic mass is 32.1. The van der Waals surface area contributed by atoms with Crippen LogP contribution in [0.3, 0.4) is 0 Å². The summed E-state index contributed by atoms with van der Waals surface area (Å²) in [6, 6.07) is 19.5. The number of nitrogens with zero attached hydrogens (tertiary/aromatic N) is 3. The standard InChI is InChI=1S/C22H25N3S/c1-24(22-23-20-13-5-6-14-21(20)26-22)19-12-8-16-25(17-19)15-7-11-18-9-3-2-4-10-18/h2-7,9-11,13-14,19H,8,12,15-17H2,1H3/b11-7+. The maximum atomic E-state index is 4.83. The van der Waals surface area contributed by atoms with E-state index in [-0.39, 0.29) is 0 Å². The van der Waals surface area contributed by atoms with E-state index in [1.165, 1.54) is 29.6 Å². The smallest absolute Gasteiger partial charge is 0.186 e. The molecule has 0 saturated carbocycles. The van der Waals surface area contributed by atoms with E-state index in [1.54, 1.807) is 11.3 Å². The van der Waals surface area contributed by atoms with Gasteiger partial charge in [-0.3, -0.25) is 4.90 Å². The van der Waals surface area contributed by atoms with Gasteiger partial charge in [-0.1, -0.05) is 66.0 Å². The molecule has 0 amide bonds. The van der Waals surface area contributed by atoms with Crippen molar-refractivity contribution < 1.29 is 0 Å². The Morgan fingerprint density at radius 2 is 1.96 bits per heavy atom. The number of anilines is 1. The fourth-order valence-corrected chi connectivity index (χ4v) is 4.58. The second-order valence-electron chi connectivity index (χ2n) is 6.94. The van der Waals surface area contributed by atoms with E-state index in [0.29, 0.717) is 6.04 Å². The summed E-state index contributed by atoms with van der Waals surface area (Å²) in [7, 11) is 2.20. The Kier molecular flexibility index (Phi) is 5.32. The van der Waals surface area contributed by atoms with Gasteiger partial charge in [0.25, 0.3) is 0 Å². The zero-order valence-electron chi connectivity index (χ0n) is 15.2. The van der Waals surface area contributed by atoms with Crippen LogP contribution in [-0.2, 0) is 0 Å². The number of rotatable bonds is 5. The lowest BCUT2D eigenvalue weighted by molar-refractivity contribution is 0.226. The van der Waals surface area contributed by atoms with Gasteiger partial charge >= 0.3 is 0 Å². The molecule has 1 aromatic heterocycles. The molecule has 0 spiro atoms. The number of aromatic nitrogens is 1. The molecule has 3 aromatic rings. The fraction of sp³-hybridized carbons (Fsp3) is 0.318. The van der Waals surface area contributed by atoms with Crippen LogP contribution in [0.4, 0.5) is 5.13 Å².